The van der Waals surface area contributed by atoms with Crippen LogP contribution in [-0.2, 0) is 7.05 Å². The molecule has 0 spiro atoms. The number of aromatic nitrogens is 2. The van der Waals surface area contributed by atoms with E-state index in [0.29, 0.717) is 18.8 Å². The van der Waals surface area contributed by atoms with Crippen LogP contribution in [0.3, 0.4) is 0 Å². The number of amides is 1. The number of carbonyl (C=O) groups is 1. The third-order valence-corrected chi connectivity index (χ3v) is 2.10. The van der Waals surface area contributed by atoms with Crippen molar-refractivity contribution in [1.82, 2.24) is 14.7 Å². The fourth-order valence-corrected chi connectivity index (χ4v) is 1.35. The van der Waals surface area contributed by atoms with Crippen molar-refractivity contribution in [1.29, 1.82) is 0 Å². The molecule has 0 saturated carbocycles. The van der Waals surface area contributed by atoms with E-state index in [9.17, 15) is 4.79 Å². The van der Waals surface area contributed by atoms with Gasteiger partial charge in [-0.1, -0.05) is 0 Å². The van der Waals surface area contributed by atoms with Crippen LogP contribution in [0.5, 0.6) is 0 Å². The quantitative estimate of drug-likeness (QED) is 0.701. The standard InChI is InChI=1S/C9H16N4O2/c1-3-13(4-5-14)9(15)8-7(10)6-12(2)11-8/h6,14H,3-5,10H2,1-2H3. The number of rotatable bonds is 4. The number of nitrogens with zero attached hydrogens (tertiary/aromatic N) is 3. The summed E-state index contributed by atoms with van der Waals surface area (Å²) in [5.74, 6) is -0.246. The van der Waals surface area contributed by atoms with Gasteiger partial charge in [-0.05, 0) is 6.92 Å². The Labute approximate surface area is 88.3 Å². The largest absolute Gasteiger partial charge is 0.396 e. The molecule has 84 valence electrons. The van der Waals surface area contributed by atoms with Gasteiger partial charge in [0.05, 0.1) is 12.3 Å². The summed E-state index contributed by atoms with van der Waals surface area (Å²) in [4.78, 5) is 13.4. The van der Waals surface area contributed by atoms with Gasteiger partial charge in [0, 0.05) is 26.3 Å². The number of hydrogen-bond donors (Lipinski definition) is 2. The van der Waals surface area contributed by atoms with Crippen molar-refractivity contribution in [3.63, 3.8) is 0 Å². The van der Waals surface area contributed by atoms with E-state index in [1.54, 1.807) is 13.2 Å². The Morgan fingerprint density at radius 2 is 2.40 bits per heavy atom. The first-order chi connectivity index (χ1) is 7.10. The Morgan fingerprint density at radius 1 is 1.73 bits per heavy atom. The van der Waals surface area contributed by atoms with Gasteiger partial charge in [-0.2, -0.15) is 5.10 Å². The molecule has 1 heterocycles. The van der Waals surface area contributed by atoms with Gasteiger partial charge in [0.15, 0.2) is 5.69 Å². The molecule has 1 aromatic rings. The highest BCUT2D eigenvalue weighted by Crippen LogP contribution is 2.10. The molecule has 0 radical (unpaired) electrons. The molecule has 1 amide bonds. The Hall–Kier alpha value is -1.56. The SMILES string of the molecule is CCN(CCO)C(=O)c1nn(C)cc1N. The van der Waals surface area contributed by atoms with Crippen LogP contribution >= 0.6 is 0 Å². The van der Waals surface area contributed by atoms with Crippen LogP contribution in [0.1, 0.15) is 17.4 Å². The van der Waals surface area contributed by atoms with Crippen molar-refractivity contribution in [2.75, 3.05) is 25.4 Å². The molecular weight excluding hydrogens is 196 g/mol. The van der Waals surface area contributed by atoms with Gasteiger partial charge >= 0.3 is 0 Å². The van der Waals surface area contributed by atoms with Crippen molar-refractivity contribution < 1.29 is 9.90 Å². The number of carbonyl (C=O) groups excluding carboxylic acids is 1. The summed E-state index contributed by atoms with van der Waals surface area (Å²) >= 11 is 0. The zero-order valence-corrected chi connectivity index (χ0v) is 8.97. The van der Waals surface area contributed by atoms with Crippen molar-refractivity contribution in [3.8, 4) is 0 Å². The molecule has 0 aliphatic carbocycles. The Bertz CT molecular complexity index is 348. The predicted molar refractivity (Wildman–Crippen MR) is 56.3 cm³/mol. The van der Waals surface area contributed by atoms with Crippen LogP contribution in [0.15, 0.2) is 6.20 Å². The third kappa shape index (κ3) is 2.47. The van der Waals surface area contributed by atoms with E-state index in [1.165, 1.54) is 9.58 Å². The first-order valence-corrected chi connectivity index (χ1v) is 4.79. The molecule has 1 rings (SSSR count). The van der Waals surface area contributed by atoms with E-state index >= 15 is 0 Å². The van der Waals surface area contributed by atoms with Gasteiger partial charge in [0.2, 0.25) is 0 Å². The molecule has 3 N–H and O–H groups in total. The highest BCUT2D eigenvalue weighted by atomic mass is 16.3. The number of aliphatic hydroxyl groups excluding tert-OH is 1. The number of anilines is 1. The zero-order valence-electron chi connectivity index (χ0n) is 8.97. The first-order valence-electron chi connectivity index (χ1n) is 4.79. The maximum atomic E-state index is 11.9. The molecule has 0 unspecified atom stereocenters. The molecule has 0 fully saturated rings. The second kappa shape index (κ2) is 4.79. The lowest BCUT2D eigenvalue weighted by molar-refractivity contribution is 0.0726. The van der Waals surface area contributed by atoms with E-state index in [4.69, 9.17) is 10.8 Å². The van der Waals surface area contributed by atoms with Crippen LogP contribution in [0.2, 0.25) is 0 Å². The van der Waals surface area contributed by atoms with Gasteiger partial charge in [-0.15, -0.1) is 0 Å². The van der Waals surface area contributed by atoms with Crippen molar-refractivity contribution in [2.24, 2.45) is 7.05 Å². The molecule has 0 bridgehead atoms. The second-order valence-electron chi connectivity index (χ2n) is 3.22. The lowest BCUT2D eigenvalue weighted by Gasteiger charge is -2.18. The van der Waals surface area contributed by atoms with E-state index in [-0.39, 0.29) is 18.2 Å². The number of hydrogen-bond acceptors (Lipinski definition) is 4. The normalized spacial score (nSPS) is 10.3. The summed E-state index contributed by atoms with van der Waals surface area (Å²) in [5.41, 5.74) is 6.24. The minimum atomic E-state index is -0.246. The zero-order chi connectivity index (χ0) is 11.4. The second-order valence-corrected chi connectivity index (χ2v) is 3.22. The Morgan fingerprint density at radius 3 is 2.80 bits per heavy atom. The van der Waals surface area contributed by atoms with Gasteiger partial charge in [-0.25, -0.2) is 0 Å². The maximum absolute atomic E-state index is 11.9. The van der Waals surface area contributed by atoms with Gasteiger partial charge in [0.1, 0.15) is 0 Å². The van der Waals surface area contributed by atoms with Crippen LogP contribution in [0.4, 0.5) is 5.69 Å². The topological polar surface area (TPSA) is 84.4 Å². The molecule has 6 heteroatoms. The van der Waals surface area contributed by atoms with E-state index in [0.717, 1.165) is 0 Å². The fourth-order valence-electron chi connectivity index (χ4n) is 1.35. The summed E-state index contributed by atoms with van der Waals surface area (Å²) in [6.07, 6.45) is 1.58. The molecule has 1 aromatic heterocycles. The first kappa shape index (κ1) is 11.5. The maximum Gasteiger partial charge on any atom is 0.276 e. The Balaban J connectivity index is 2.87. The fraction of sp³-hybridized carbons (Fsp3) is 0.556. The summed E-state index contributed by atoms with van der Waals surface area (Å²) in [5, 5.41) is 12.8. The van der Waals surface area contributed by atoms with Crippen LogP contribution < -0.4 is 5.73 Å². The van der Waals surface area contributed by atoms with Crippen LogP contribution in [-0.4, -0.2) is 45.4 Å². The predicted octanol–water partition coefficient (Wildman–Crippen LogP) is -0.543. The molecular formula is C9H16N4O2. The third-order valence-electron chi connectivity index (χ3n) is 2.10. The number of aryl methyl sites for hydroxylation is 1. The van der Waals surface area contributed by atoms with E-state index < -0.39 is 0 Å². The summed E-state index contributed by atoms with van der Waals surface area (Å²) in [7, 11) is 1.70. The molecule has 0 atom stereocenters. The van der Waals surface area contributed by atoms with Gasteiger partial charge < -0.3 is 15.7 Å². The number of aliphatic hydroxyl groups is 1. The van der Waals surface area contributed by atoms with Crippen LogP contribution in [0.25, 0.3) is 0 Å². The van der Waals surface area contributed by atoms with E-state index in [1.807, 2.05) is 6.92 Å². The minimum Gasteiger partial charge on any atom is -0.396 e. The molecule has 0 aromatic carbocycles. The van der Waals surface area contributed by atoms with Gasteiger partial charge in [0.25, 0.3) is 5.91 Å². The van der Waals surface area contributed by atoms with Crippen molar-refractivity contribution >= 4 is 11.6 Å². The molecule has 15 heavy (non-hydrogen) atoms. The monoisotopic (exact) mass is 212 g/mol. The summed E-state index contributed by atoms with van der Waals surface area (Å²) in [6.45, 7) is 2.60. The van der Waals surface area contributed by atoms with E-state index in [2.05, 4.69) is 5.10 Å². The van der Waals surface area contributed by atoms with Crippen LogP contribution in [0, 0.1) is 0 Å². The average molecular weight is 212 g/mol. The minimum absolute atomic E-state index is 0.0632. The molecule has 6 nitrogen and oxygen atoms in total. The van der Waals surface area contributed by atoms with Gasteiger partial charge in [-0.3, -0.25) is 9.48 Å². The Kier molecular flexibility index (Phi) is 3.68. The summed E-state index contributed by atoms with van der Waals surface area (Å²) in [6, 6.07) is 0. The van der Waals surface area contributed by atoms with Crippen molar-refractivity contribution in [3.05, 3.63) is 11.9 Å². The lowest BCUT2D eigenvalue weighted by Crippen LogP contribution is -2.34. The molecule has 0 aliphatic heterocycles. The number of likely N-dealkylation sites (N-methyl/N-ethyl adjacent to an activating group) is 1. The smallest absolute Gasteiger partial charge is 0.276 e. The highest BCUT2D eigenvalue weighted by Gasteiger charge is 2.19. The molecule has 0 aliphatic rings. The number of nitrogens with two attached hydrogens (primary N) is 1. The summed E-state index contributed by atoms with van der Waals surface area (Å²) < 4.78 is 1.50. The van der Waals surface area contributed by atoms with Crippen molar-refractivity contribution in [2.45, 2.75) is 6.92 Å². The molecule has 0 saturated heterocycles. The highest BCUT2D eigenvalue weighted by molar-refractivity contribution is 5.97. The lowest BCUT2D eigenvalue weighted by atomic mass is 10.3. The average Bonchev–Trinajstić information content (AvgIpc) is 2.53. The number of nitrogen functional groups attached to an aromatic ring is 1.